The summed E-state index contributed by atoms with van der Waals surface area (Å²) in [5, 5.41) is 12.6. The molecule has 0 saturated carbocycles. The fourth-order valence-electron chi connectivity index (χ4n) is 1.37. The molecule has 0 radical (unpaired) electrons. The fourth-order valence-corrected chi connectivity index (χ4v) is 1.37. The number of anilines is 2. The van der Waals surface area contributed by atoms with Crippen LogP contribution < -0.4 is 11.1 Å². The van der Waals surface area contributed by atoms with Crippen LogP contribution in [0.25, 0.3) is 0 Å². The van der Waals surface area contributed by atoms with Gasteiger partial charge in [-0.2, -0.15) is 0 Å². The molecule has 1 aromatic carbocycles. The molecule has 0 aliphatic heterocycles. The van der Waals surface area contributed by atoms with Crippen molar-refractivity contribution in [3.05, 3.63) is 23.8 Å². The molecule has 15 heavy (non-hydrogen) atoms. The number of benzene rings is 1. The molecule has 3 nitrogen and oxygen atoms in total. The van der Waals surface area contributed by atoms with E-state index in [0.717, 1.165) is 36.3 Å². The summed E-state index contributed by atoms with van der Waals surface area (Å²) < 4.78 is 0. The maximum Gasteiger partial charge on any atom is 0.0554 e. The second kappa shape index (κ2) is 5.61. The minimum atomic E-state index is -0.202. The Labute approximate surface area is 91.3 Å². The van der Waals surface area contributed by atoms with E-state index in [9.17, 15) is 5.11 Å². The highest BCUT2D eigenvalue weighted by Crippen LogP contribution is 2.16. The van der Waals surface area contributed by atoms with Crippen LogP contribution in [0.5, 0.6) is 0 Å². The first kappa shape index (κ1) is 11.9. The zero-order chi connectivity index (χ0) is 11.3. The van der Waals surface area contributed by atoms with Crippen molar-refractivity contribution in [2.75, 3.05) is 17.6 Å². The Morgan fingerprint density at radius 2 is 2.20 bits per heavy atom. The minimum absolute atomic E-state index is 0.202. The standard InChI is InChI=1S/C12H20N2O/c1-3-11(15)6-7-14-10-4-5-12(13)9(2)8-10/h4-5,8,11,14-15H,3,6-7,13H2,1-2H3. The molecule has 1 rings (SSSR count). The lowest BCUT2D eigenvalue weighted by molar-refractivity contribution is 0.164. The average Bonchev–Trinajstić information content (AvgIpc) is 2.23. The lowest BCUT2D eigenvalue weighted by atomic mass is 10.1. The van der Waals surface area contributed by atoms with Gasteiger partial charge in [-0.15, -0.1) is 0 Å². The molecule has 0 spiro atoms. The van der Waals surface area contributed by atoms with Crippen LogP contribution in [0.1, 0.15) is 25.3 Å². The van der Waals surface area contributed by atoms with Gasteiger partial charge in [0.2, 0.25) is 0 Å². The number of aliphatic hydroxyl groups excluding tert-OH is 1. The predicted octanol–water partition coefficient (Wildman–Crippen LogP) is 2.15. The predicted molar refractivity (Wildman–Crippen MR) is 65.0 cm³/mol. The molecular weight excluding hydrogens is 188 g/mol. The first-order valence-electron chi connectivity index (χ1n) is 5.41. The van der Waals surface area contributed by atoms with Gasteiger partial charge in [0.05, 0.1) is 6.10 Å². The first-order chi connectivity index (χ1) is 7.13. The van der Waals surface area contributed by atoms with Gasteiger partial charge in [0, 0.05) is 17.9 Å². The molecule has 0 saturated heterocycles. The normalized spacial score (nSPS) is 12.5. The quantitative estimate of drug-likeness (QED) is 0.650. The van der Waals surface area contributed by atoms with Gasteiger partial charge in [-0.1, -0.05) is 6.92 Å². The summed E-state index contributed by atoms with van der Waals surface area (Å²) in [5.74, 6) is 0. The van der Waals surface area contributed by atoms with E-state index < -0.39 is 0 Å². The summed E-state index contributed by atoms with van der Waals surface area (Å²) in [6.07, 6.45) is 1.38. The molecular formula is C12H20N2O. The van der Waals surface area contributed by atoms with Crippen LogP contribution in [-0.4, -0.2) is 17.8 Å². The molecule has 84 valence electrons. The molecule has 4 N–H and O–H groups in total. The number of hydrogen-bond acceptors (Lipinski definition) is 3. The van der Waals surface area contributed by atoms with Gasteiger partial charge in [-0.05, 0) is 43.5 Å². The van der Waals surface area contributed by atoms with Crippen molar-refractivity contribution < 1.29 is 5.11 Å². The van der Waals surface area contributed by atoms with Crippen molar-refractivity contribution in [3.63, 3.8) is 0 Å². The molecule has 1 aromatic rings. The maximum atomic E-state index is 9.37. The molecule has 0 aliphatic rings. The Morgan fingerprint density at radius 1 is 1.47 bits per heavy atom. The number of aliphatic hydroxyl groups is 1. The van der Waals surface area contributed by atoms with Crippen LogP contribution in [0.3, 0.4) is 0 Å². The Balaban J connectivity index is 2.41. The van der Waals surface area contributed by atoms with Crippen LogP contribution in [0.2, 0.25) is 0 Å². The summed E-state index contributed by atoms with van der Waals surface area (Å²) in [6, 6.07) is 5.88. The molecule has 0 amide bonds. The van der Waals surface area contributed by atoms with E-state index >= 15 is 0 Å². The fraction of sp³-hybridized carbons (Fsp3) is 0.500. The second-order valence-electron chi connectivity index (χ2n) is 3.85. The van der Waals surface area contributed by atoms with E-state index in [1.54, 1.807) is 0 Å². The van der Waals surface area contributed by atoms with Crippen molar-refractivity contribution in [2.45, 2.75) is 32.8 Å². The minimum Gasteiger partial charge on any atom is -0.399 e. The molecule has 1 atom stereocenters. The summed E-state index contributed by atoms with van der Waals surface area (Å²) in [4.78, 5) is 0. The van der Waals surface area contributed by atoms with Crippen molar-refractivity contribution >= 4 is 11.4 Å². The molecule has 0 heterocycles. The largest absolute Gasteiger partial charge is 0.399 e. The lowest BCUT2D eigenvalue weighted by Crippen LogP contribution is -2.12. The highest BCUT2D eigenvalue weighted by Gasteiger charge is 2.00. The Kier molecular flexibility index (Phi) is 4.43. The number of rotatable bonds is 5. The van der Waals surface area contributed by atoms with Crippen molar-refractivity contribution in [1.29, 1.82) is 0 Å². The Bertz CT molecular complexity index is 312. The summed E-state index contributed by atoms with van der Waals surface area (Å²) in [7, 11) is 0. The van der Waals surface area contributed by atoms with Crippen molar-refractivity contribution in [1.82, 2.24) is 0 Å². The van der Waals surface area contributed by atoms with Gasteiger partial charge in [0.25, 0.3) is 0 Å². The number of aryl methyl sites for hydroxylation is 1. The Hall–Kier alpha value is -1.22. The van der Waals surface area contributed by atoms with Gasteiger partial charge >= 0.3 is 0 Å². The monoisotopic (exact) mass is 208 g/mol. The van der Waals surface area contributed by atoms with Crippen LogP contribution in [0.15, 0.2) is 18.2 Å². The third kappa shape index (κ3) is 3.80. The second-order valence-corrected chi connectivity index (χ2v) is 3.85. The summed E-state index contributed by atoms with van der Waals surface area (Å²) >= 11 is 0. The zero-order valence-corrected chi connectivity index (χ0v) is 9.46. The average molecular weight is 208 g/mol. The Morgan fingerprint density at radius 3 is 2.80 bits per heavy atom. The van der Waals surface area contributed by atoms with Crippen LogP contribution in [0.4, 0.5) is 11.4 Å². The van der Waals surface area contributed by atoms with Crippen molar-refractivity contribution in [2.24, 2.45) is 0 Å². The molecule has 0 fully saturated rings. The van der Waals surface area contributed by atoms with E-state index in [0.29, 0.717) is 0 Å². The van der Waals surface area contributed by atoms with Crippen LogP contribution in [0, 0.1) is 6.92 Å². The molecule has 0 bridgehead atoms. The van der Waals surface area contributed by atoms with Gasteiger partial charge in [-0.3, -0.25) is 0 Å². The first-order valence-corrected chi connectivity index (χ1v) is 5.41. The van der Waals surface area contributed by atoms with Gasteiger partial charge in [-0.25, -0.2) is 0 Å². The van der Waals surface area contributed by atoms with E-state index in [4.69, 9.17) is 5.73 Å². The lowest BCUT2D eigenvalue weighted by Gasteiger charge is -2.11. The number of nitrogens with two attached hydrogens (primary N) is 1. The number of nitrogen functional groups attached to an aromatic ring is 1. The van der Waals surface area contributed by atoms with Gasteiger partial charge < -0.3 is 16.2 Å². The van der Waals surface area contributed by atoms with E-state index in [1.807, 2.05) is 32.0 Å². The number of hydrogen-bond donors (Lipinski definition) is 3. The van der Waals surface area contributed by atoms with E-state index in [-0.39, 0.29) is 6.10 Å². The third-order valence-corrected chi connectivity index (χ3v) is 2.55. The van der Waals surface area contributed by atoms with Crippen LogP contribution >= 0.6 is 0 Å². The van der Waals surface area contributed by atoms with Gasteiger partial charge in [0.15, 0.2) is 0 Å². The summed E-state index contributed by atoms with van der Waals surface area (Å²) in [5.41, 5.74) is 8.67. The maximum absolute atomic E-state index is 9.37. The molecule has 3 heteroatoms. The smallest absolute Gasteiger partial charge is 0.0554 e. The SMILES string of the molecule is CCC(O)CCNc1ccc(N)c(C)c1. The molecule has 1 unspecified atom stereocenters. The molecule has 0 aromatic heterocycles. The van der Waals surface area contributed by atoms with E-state index in [2.05, 4.69) is 5.32 Å². The van der Waals surface area contributed by atoms with Crippen molar-refractivity contribution in [3.8, 4) is 0 Å². The third-order valence-electron chi connectivity index (χ3n) is 2.55. The van der Waals surface area contributed by atoms with Crippen LogP contribution in [-0.2, 0) is 0 Å². The number of nitrogens with one attached hydrogen (secondary N) is 1. The summed E-state index contributed by atoms with van der Waals surface area (Å²) in [6.45, 7) is 4.76. The highest BCUT2D eigenvalue weighted by molar-refractivity contribution is 5.56. The van der Waals surface area contributed by atoms with E-state index in [1.165, 1.54) is 0 Å². The molecule has 0 aliphatic carbocycles. The zero-order valence-electron chi connectivity index (χ0n) is 9.46. The highest BCUT2D eigenvalue weighted by atomic mass is 16.3. The topological polar surface area (TPSA) is 58.3 Å². The van der Waals surface area contributed by atoms with Gasteiger partial charge in [0.1, 0.15) is 0 Å².